The third-order valence-electron chi connectivity index (χ3n) is 2.38. The van der Waals surface area contributed by atoms with E-state index in [2.05, 4.69) is 9.97 Å². The zero-order chi connectivity index (χ0) is 13.9. The van der Waals surface area contributed by atoms with Crippen molar-refractivity contribution < 1.29 is 13.2 Å². The topological polar surface area (TPSA) is 51.8 Å². The molecule has 0 bridgehead atoms. The van der Waals surface area contributed by atoms with Crippen molar-refractivity contribution in [2.45, 2.75) is 6.18 Å². The van der Waals surface area contributed by atoms with E-state index in [9.17, 15) is 13.2 Å². The van der Waals surface area contributed by atoms with E-state index in [1.165, 1.54) is 24.5 Å². The molecule has 0 saturated carbocycles. The Hall–Kier alpha value is -2.37. The number of nitrogens with zero attached hydrogens (tertiary/aromatic N) is 2. The normalized spacial score (nSPS) is 11.9. The smallest absolute Gasteiger partial charge is 0.382 e. The molecule has 0 fully saturated rings. The number of rotatable bonds is 2. The van der Waals surface area contributed by atoms with Gasteiger partial charge in [0.25, 0.3) is 0 Å². The predicted molar refractivity (Wildman–Crippen MR) is 66.8 cm³/mol. The monoisotopic (exact) mass is 265 g/mol. The molecule has 0 unspecified atom stereocenters. The molecule has 0 saturated heterocycles. The van der Waals surface area contributed by atoms with Crippen molar-refractivity contribution in [1.82, 2.24) is 9.97 Å². The molecule has 6 heteroatoms. The first kappa shape index (κ1) is 13.1. The van der Waals surface area contributed by atoms with E-state index in [1.807, 2.05) is 0 Å². The minimum Gasteiger partial charge on any atom is -0.382 e. The average Bonchev–Trinajstić information content (AvgIpc) is 2.37. The molecule has 1 aromatic heterocycles. The van der Waals surface area contributed by atoms with E-state index < -0.39 is 11.7 Å². The molecule has 2 rings (SSSR count). The van der Waals surface area contributed by atoms with Gasteiger partial charge in [-0.3, -0.25) is 4.98 Å². The summed E-state index contributed by atoms with van der Waals surface area (Å²) in [4.78, 5) is 7.85. The number of nitrogen functional groups attached to an aromatic ring is 1. The molecular formula is C13H10F3N3. The van der Waals surface area contributed by atoms with Crippen molar-refractivity contribution in [3.8, 4) is 0 Å². The highest BCUT2D eigenvalue weighted by molar-refractivity contribution is 5.67. The first-order valence-corrected chi connectivity index (χ1v) is 5.38. The van der Waals surface area contributed by atoms with Crippen molar-refractivity contribution in [3.05, 3.63) is 53.5 Å². The summed E-state index contributed by atoms with van der Waals surface area (Å²) in [7, 11) is 0. The highest BCUT2D eigenvalue weighted by Gasteiger charge is 2.29. The van der Waals surface area contributed by atoms with Crippen LogP contribution in [0.15, 0.2) is 36.7 Å². The largest absolute Gasteiger partial charge is 0.416 e. The molecule has 0 spiro atoms. The van der Waals surface area contributed by atoms with Crippen LogP contribution in [0.4, 0.5) is 19.0 Å². The van der Waals surface area contributed by atoms with Gasteiger partial charge in [-0.2, -0.15) is 13.2 Å². The first-order chi connectivity index (χ1) is 8.95. The van der Waals surface area contributed by atoms with Gasteiger partial charge in [-0.25, -0.2) is 4.98 Å². The van der Waals surface area contributed by atoms with Gasteiger partial charge >= 0.3 is 6.18 Å². The minimum absolute atomic E-state index is 0.312. The van der Waals surface area contributed by atoms with Crippen molar-refractivity contribution in [1.29, 1.82) is 0 Å². The molecule has 0 aliphatic heterocycles. The van der Waals surface area contributed by atoms with Gasteiger partial charge in [0.1, 0.15) is 5.82 Å². The average molecular weight is 265 g/mol. The molecule has 19 heavy (non-hydrogen) atoms. The van der Waals surface area contributed by atoms with E-state index in [0.717, 1.165) is 12.1 Å². The fourth-order valence-corrected chi connectivity index (χ4v) is 1.40. The summed E-state index contributed by atoms with van der Waals surface area (Å²) in [5.41, 5.74) is 5.94. The number of anilines is 1. The second kappa shape index (κ2) is 5.09. The number of aromatic nitrogens is 2. The van der Waals surface area contributed by atoms with Gasteiger partial charge in [0.05, 0.1) is 23.7 Å². The van der Waals surface area contributed by atoms with Crippen molar-refractivity contribution >= 4 is 18.0 Å². The van der Waals surface area contributed by atoms with Crippen LogP contribution in [0.5, 0.6) is 0 Å². The van der Waals surface area contributed by atoms with Crippen molar-refractivity contribution in [3.63, 3.8) is 0 Å². The molecule has 0 amide bonds. The summed E-state index contributed by atoms with van der Waals surface area (Å²) in [6.07, 6.45) is 1.88. The number of alkyl halides is 3. The zero-order valence-corrected chi connectivity index (χ0v) is 9.72. The van der Waals surface area contributed by atoms with Gasteiger partial charge in [-0.05, 0) is 23.8 Å². The highest BCUT2D eigenvalue weighted by atomic mass is 19.4. The Bertz CT molecular complexity index is 572. The van der Waals surface area contributed by atoms with Gasteiger partial charge in [0, 0.05) is 0 Å². The predicted octanol–water partition coefficient (Wildman–Crippen LogP) is 3.25. The Morgan fingerprint density at radius 2 is 1.63 bits per heavy atom. The Balaban J connectivity index is 2.13. The molecule has 2 N–H and O–H groups in total. The highest BCUT2D eigenvalue weighted by Crippen LogP contribution is 2.29. The number of hydrogen-bond donors (Lipinski definition) is 1. The fourth-order valence-electron chi connectivity index (χ4n) is 1.40. The minimum atomic E-state index is -4.31. The number of halogens is 3. The molecule has 98 valence electrons. The van der Waals surface area contributed by atoms with Crippen molar-refractivity contribution in [2.75, 3.05) is 5.73 Å². The van der Waals surface area contributed by atoms with E-state index >= 15 is 0 Å². The fraction of sp³-hybridized carbons (Fsp3) is 0.0769. The first-order valence-electron chi connectivity index (χ1n) is 5.38. The van der Waals surface area contributed by atoms with Crippen LogP contribution in [0.1, 0.15) is 16.8 Å². The third kappa shape index (κ3) is 3.54. The molecule has 1 heterocycles. The van der Waals surface area contributed by atoms with Crippen LogP contribution in [0, 0.1) is 0 Å². The lowest BCUT2D eigenvalue weighted by Crippen LogP contribution is -2.03. The van der Waals surface area contributed by atoms with Gasteiger partial charge < -0.3 is 5.73 Å². The van der Waals surface area contributed by atoms with Gasteiger partial charge in [-0.15, -0.1) is 0 Å². The maximum atomic E-state index is 12.4. The lowest BCUT2D eigenvalue weighted by molar-refractivity contribution is -0.137. The Morgan fingerprint density at radius 1 is 0.947 bits per heavy atom. The Morgan fingerprint density at radius 3 is 2.16 bits per heavy atom. The van der Waals surface area contributed by atoms with Gasteiger partial charge in [0.2, 0.25) is 0 Å². The second-order valence-electron chi connectivity index (χ2n) is 3.82. The Kier molecular flexibility index (Phi) is 3.50. The summed E-state index contributed by atoms with van der Waals surface area (Å²) in [6.45, 7) is 0. The van der Waals surface area contributed by atoms with Crippen LogP contribution >= 0.6 is 0 Å². The van der Waals surface area contributed by atoms with Crippen LogP contribution in [-0.4, -0.2) is 9.97 Å². The van der Waals surface area contributed by atoms with Crippen LogP contribution in [0.3, 0.4) is 0 Å². The van der Waals surface area contributed by atoms with E-state index in [4.69, 9.17) is 5.73 Å². The number of hydrogen-bond acceptors (Lipinski definition) is 3. The maximum Gasteiger partial charge on any atom is 0.416 e. The third-order valence-corrected chi connectivity index (χ3v) is 2.38. The lowest BCUT2D eigenvalue weighted by Gasteiger charge is -2.05. The van der Waals surface area contributed by atoms with Crippen LogP contribution < -0.4 is 5.73 Å². The summed E-state index contributed by atoms with van der Waals surface area (Å²) < 4.78 is 37.1. The second-order valence-corrected chi connectivity index (χ2v) is 3.82. The van der Waals surface area contributed by atoms with E-state index in [0.29, 0.717) is 17.1 Å². The SMILES string of the molecule is Nc1cnc(C=Cc2ccc(C(F)(F)F)cc2)cn1. The summed E-state index contributed by atoms with van der Waals surface area (Å²) >= 11 is 0. The zero-order valence-electron chi connectivity index (χ0n) is 9.72. The van der Waals surface area contributed by atoms with Gasteiger partial charge in [-0.1, -0.05) is 18.2 Å². The van der Waals surface area contributed by atoms with Crippen LogP contribution in [0.2, 0.25) is 0 Å². The molecule has 1 aromatic carbocycles. The molecule has 2 aromatic rings. The number of nitrogens with two attached hydrogens (primary N) is 1. The van der Waals surface area contributed by atoms with Gasteiger partial charge in [0.15, 0.2) is 0 Å². The molecule has 0 radical (unpaired) electrons. The molecule has 3 nitrogen and oxygen atoms in total. The Labute approximate surface area is 107 Å². The van der Waals surface area contributed by atoms with Crippen molar-refractivity contribution in [2.24, 2.45) is 0 Å². The molecule has 0 atom stereocenters. The summed E-state index contributed by atoms with van der Waals surface area (Å²) in [6, 6.07) is 4.86. The lowest BCUT2D eigenvalue weighted by atomic mass is 10.1. The van der Waals surface area contributed by atoms with Crippen LogP contribution in [0.25, 0.3) is 12.2 Å². The van der Waals surface area contributed by atoms with E-state index in [-0.39, 0.29) is 0 Å². The van der Waals surface area contributed by atoms with E-state index in [1.54, 1.807) is 12.2 Å². The summed E-state index contributed by atoms with van der Waals surface area (Å²) in [5, 5.41) is 0. The molecule has 0 aliphatic rings. The van der Waals surface area contributed by atoms with Crippen LogP contribution in [-0.2, 0) is 6.18 Å². The standard InChI is InChI=1S/C13H10F3N3/c14-13(15,16)10-4-1-9(2-5-10)3-6-11-7-19-12(17)8-18-11/h1-8H,(H2,17,19). The molecular weight excluding hydrogens is 255 g/mol. The number of benzene rings is 1. The maximum absolute atomic E-state index is 12.4. The quantitative estimate of drug-likeness (QED) is 0.906. The molecule has 0 aliphatic carbocycles. The summed E-state index contributed by atoms with van der Waals surface area (Å²) in [5.74, 6) is 0.312.